The molecule has 1 heterocycles. The van der Waals surface area contributed by atoms with Crippen molar-refractivity contribution in [1.29, 1.82) is 0 Å². The fourth-order valence-corrected chi connectivity index (χ4v) is 3.05. The molecule has 0 aliphatic rings. The standard InChI is InChI=1S/C23H29N3O2/c1-23(2,3)22(27)24-15-9-14-21-25-19-12-7-8-13-20(19)26(21)16-17-28-18-10-5-4-6-11-18/h4-8,10-13H,9,14-17H2,1-3H3,(H,24,27). The average molecular weight is 380 g/mol. The number of rotatable bonds is 8. The normalized spacial score (nSPS) is 11.5. The molecule has 5 nitrogen and oxygen atoms in total. The lowest BCUT2D eigenvalue weighted by Crippen LogP contribution is -2.35. The third-order valence-electron chi connectivity index (χ3n) is 4.60. The molecule has 1 amide bonds. The largest absolute Gasteiger partial charge is 0.492 e. The predicted octanol–water partition coefficient (Wildman–Crippen LogP) is 4.21. The van der Waals surface area contributed by atoms with Gasteiger partial charge in [0.15, 0.2) is 0 Å². The summed E-state index contributed by atoms with van der Waals surface area (Å²) in [4.78, 5) is 16.8. The molecule has 0 atom stereocenters. The summed E-state index contributed by atoms with van der Waals surface area (Å²) in [5, 5.41) is 3.01. The van der Waals surface area contributed by atoms with Crippen LogP contribution < -0.4 is 10.1 Å². The Labute approximate surface area is 166 Å². The molecular weight excluding hydrogens is 350 g/mol. The molecule has 0 fully saturated rings. The van der Waals surface area contributed by atoms with Crippen molar-refractivity contribution in [2.24, 2.45) is 5.41 Å². The van der Waals surface area contributed by atoms with Gasteiger partial charge in [0.05, 0.1) is 17.6 Å². The van der Waals surface area contributed by atoms with Crippen LogP contribution >= 0.6 is 0 Å². The van der Waals surface area contributed by atoms with E-state index in [0.717, 1.165) is 42.0 Å². The van der Waals surface area contributed by atoms with Crippen molar-refractivity contribution in [1.82, 2.24) is 14.9 Å². The maximum Gasteiger partial charge on any atom is 0.225 e. The summed E-state index contributed by atoms with van der Waals surface area (Å²) in [6, 6.07) is 18.0. The van der Waals surface area contributed by atoms with E-state index in [1.165, 1.54) is 0 Å². The molecule has 1 N–H and O–H groups in total. The van der Waals surface area contributed by atoms with Gasteiger partial charge in [-0.2, -0.15) is 0 Å². The number of hydrogen-bond donors (Lipinski definition) is 1. The number of imidazole rings is 1. The van der Waals surface area contributed by atoms with E-state index in [1.54, 1.807) is 0 Å². The summed E-state index contributed by atoms with van der Waals surface area (Å²) < 4.78 is 8.10. The zero-order chi connectivity index (χ0) is 20.0. The van der Waals surface area contributed by atoms with Gasteiger partial charge in [0.2, 0.25) is 5.91 Å². The Balaban J connectivity index is 1.62. The van der Waals surface area contributed by atoms with Gasteiger partial charge >= 0.3 is 0 Å². The third-order valence-corrected chi connectivity index (χ3v) is 4.60. The van der Waals surface area contributed by atoms with Crippen LogP contribution in [0.2, 0.25) is 0 Å². The van der Waals surface area contributed by atoms with Crippen LogP contribution in [0, 0.1) is 5.41 Å². The molecule has 0 bridgehead atoms. The molecule has 1 aromatic heterocycles. The van der Waals surface area contributed by atoms with Crippen LogP contribution in [-0.2, 0) is 17.8 Å². The highest BCUT2D eigenvalue weighted by molar-refractivity contribution is 5.81. The molecule has 5 heteroatoms. The van der Waals surface area contributed by atoms with Gasteiger partial charge in [0.25, 0.3) is 0 Å². The number of benzene rings is 2. The summed E-state index contributed by atoms with van der Waals surface area (Å²) in [7, 11) is 0. The highest BCUT2D eigenvalue weighted by Gasteiger charge is 2.20. The minimum atomic E-state index is -0.359. The molecule has 0 saturated heterocycles. The molecule has 148 valence electrons. The van der Waals surface area contributed by atoms with Gasteiger partial charge < -0.3 is 14.6 Å². The van der Waals surface area contributed by atoms with E-state index in [1.807, 2.05) is 69.3 Å². The Bertz CT molecular complexity index is 910. The first-order valence-corrected chi connectivity index (χ1v) is 9.85. The van der Waals surface area contributed by atoms with E-state index in [-0.39, 0.29) is 11.3 Å². The lowest BCUT2D eigenvalue weighted by atomic mass is 9.96. The second-order valence-electron chi connectivity index (χ2n) is 7.94. The van der Waals surface area contributed by atoms with Crippen molar-refractivity contribution in [3.63, 3.8) is 0 Å². The quantitative estimate of drug-likeness (QED) is 0.597. The number of fused-ring (bicyclic) bond motifs is 1. The van der Waals surface area contributed by atoms with Gasteiger partial charge in [-0.15, -0.1) is 0 Å². The van der Waals surface area contributed by atoms with Crippen LogP contribution in [-0.4, -0.2) is 28.6 Å². The first kappa shape index (κ1) is 19.9. The number of aryl methyl sites for hydroxylation is 1. The number of nitrogens with one attached hydrogen (secondary N) is 1. The minimum absolute atomic E-state index is 0.0808. The Morgan fingerprint density at radius 2 is 1.79 bits per heavy atom. The fraction of sp³-hybridized carbons (Fsp3) is 0.391. The van der Waals surface area contributed by atoms with Crippen molar-refractivity contribution in [3.8, 4) is 5.75 Å². The molecule has 0 unspecified atom stereocenters. The van der Waals surface area contributed by atoms with E-state index < -0.39 is 0 Å². The molecular formula is C23H29N3O2. The first-order valence-electron chi connectivity index (χ1n) is 9.85. The molecule has 0 aliphatic heterocycles. The summed E-state index contributed by atoms with van der Waals surface area (Å²) in [6.45, 7) is 7.74. The number of aromatic nitrogens is 2. The second-order valence-corrected chi connectivity index (χ2v) is 7.94. The Morgan fingerprint density at radius 1 is 1.07 bits per heavy atom. The first-order chi connectivity index (χ1) is 13.4. The molecule has 3 aromatic rings. The van der Waals surface area contributed by atoms with Gasteiger partial charge in [-0.05, 0) is 30.7 Å². The van der Waals surface area contributed by atoms with Gasteiger partial charge in [-0.3, -0.25) is 4.79 Å². The lowest BCUT2D eigenvalue weighted by Gasteiger charge is -2.17. The third kappa shape index (κ3) is 5.12. The lowest BCUT2D eigenvalue weighted by molar-refractivity contribution is -0.128. The zero-order valence-corrected chi connectivity index (χ0v) is 16.9. The predicted molar refractivity (Wildman–Crippen MR) is 112 cm³/mol. The van der Waals surface area contributed by atoms with E-state index in [9.17, 15) is 4.79 Å². The summed E-state index contributed by atoms with van der Waals surface area (Å²) in [5.41, 5.74) is 1.76. The van der Waals surface area contributed by atoms with Crippen LogP contribution in [0.1, 0.15) is 33.0 Å². The maximum atomic E-state index is 12.0. The van der Waals surface area contributed by atoms with Gasteiger partial charge in [0, 0.05) is 18.4 Å². The van der Waals surface area contributed by atoms with E-state index in [4.69, 9.17) is 9.72 Å². The molecule has 3 rings (SSSR count). The fourth-order valence-electron chi connectivity index (χ4n) is 3.05. The topological polar surface area (TPSA) is 56.2 Å². The van der Waals surface area contributed by atoms with Crippen molar-refractivity contribution in [2.75, 3.05) is 13.2 Å². The van der Waals surface area contributed by atoms with Gasteiger partial charge in [0.1, 0.15) is 18.2 Å². The van der Waals surface area contributed by atoms with E-state index >= 15 is 0 Å². The number of ether oxygens (including phenoxy) is 1. The summed E-state index contributed by atoms with van der Waals surface area (Å²) >= 11 is 0. The maximum absolute atomic E-state index is 12.0. The molecule has 28 heavy (non-hydrogen) atoms. The highest BCUT2D eigenvalue weighted by atomic mass is 16.5. The number of nitrogens with zero attached hydrogens (tertiary/aromatic N) is 2. The van der Waals surface area contributed by atoms with Crippen molar-refractivity contribution in [3.05, 3.63) is 60.4 Å². The Morgan fingerprint density at radius 3 is 2.54 bits per heavy atom. The van der Waals surface area contributed by atoms with Crippen LogP contribution in [0.15, 0.2) is 54.6 Å². The molecule has 0 saturated carbocycles. The van der Waals surface area contributed by atoms with Gasteiger partial charge in [-0.1, -0.05) is 51.1 Å². The van der Waals surface area contributed by atoms with Crippen LogP contribution in [0.5, 0.6) is 5.75 Å². The molecule has 0 spiro atoms. The van der Waals surface area contributed by atoms with E-state index in [2.05, 4.69) is 16.0 Å². The number of hydrogen-bond acceptors (Lipinski definition) is 3. The molecule has 0 radical (unpaired) electrons. The number of carbonyl (C=O) groups is 1. The Kier molecular flexibility index (Phi) is 6.34. The molecule has 0 aliphatic carbocycles. The van der Waals surface area contributed by atoms with Crippen molar-refractivity contribution in [2.45, 2.75) is 40.2 Å². The molecule has 2 aromatic carbocycles. The monoisotopic (exact) mass is 379 g/mol. The number of carbonyl (C=O) groups excluding carboxylic acids is 1. The number of para-hydroxylation sites is 3. The van der Waals surface area contributed by atoms with Crippen LogP contribution in [0.25, 0.3) is 11.0 Å². The van der Waals surface area contributed by atoms with Crippen LogP contribution in [0.3, 0.4) is 0 Å². The summed E-state index contributed by atoms with van der Waals surface area (Å²) in [6.07, 6.45) is 1.66. The summed E-state index contributed by atoms with van der Waals surface area (Å²) in [5.74, 6) is 1.98. The average Bonchev–Trinajstić information content (AvgIpc) is 3.03. The minimum Gasteiger partial charge on any atom is -0.492 e. The highest BCUT2D eigenvalue weighted by Crippen LogP contribution is 2.18. The van der Waals surface area contributed by atoms with Crippen molar-refractivity contribution < 1.29 is 9.53 Å². The smallest absolute Gasteiger partial charge is 0.225 e. The van der Waals surface area contributed by atoms with Crippen LogP contribution in [0.4, 0.5) is 0 Å². The SMILES string of the molecule is CC(C)(C)C(=O)NCCCc1nc2ccccc2n1CCOc1ccccc1. The zero-order valence-electron chi connectivity index (χ0n) is 16.9. The van der Waals surface area contributed by atoms with E-state index in [0.29, 0.717) is 13.2 Å². The Hall–Kier alpha value is -2.82. The second kappa shape index (κ2) is 8.91. The number of amides is 1. The van der Waals surface area contributed by atoms with Gasteiger partial charge in [-0.25, -0.2) is 4.98 Å². The van der Waals surface area contributed by atoms with Crippen molar-refractivity contribution >= 4 is 16.9 Å².